The van der Waals surface area contributed by atoms with Gasteiger partial charge in [-0.05, 0) is 0 Å². The van der Waals surface area contributed by atoms with Crippen LogP contribution in [0.3, 0.4) is 0 Å². The summed E-state index contributed by atoms with van der Waals surface area (Å²) in [6, 6.07) is 0. The van der Waals surface area contributed by atoms with Crippen molar-refractivity contribution in [2.24, 2.45) is 0 Å². The normalized spacial score (nSPS) is 14.5. The van der Waals surface area contributed by atoms with E-state index in [0.717, 1.165) is 26.2 Å². The highest BCUT2D eigenvalue weighted by atomic mass is 35.5. The lowest BCUT2D eigenvalue weighted by Crippen LogP contribution is -2.44. The van der Waals surface area contributed by atoms with Crippen molar-refractivity contribution in [3.8, 4) is 10.7 Å². The van der Waals surface area contributed by atoms with Crippen molar-refractivity contribution in [3.05, 3.63) is 26.0 Å². The summed E-state index contributed by atoms with van der Waals surface area (Å²) in [6.07, 6.45) is 0. The standard InChI is InChI=1S/C11H11Cl2N5OS.C2H6/c12-6-10(18-3-1-14-2-4-18)16-9(17-11(6)19)7-8(13)15-5-20-7;1-2/h5,14H,1-4H2,(H,16,17,19);1-2H3. The van der Waals surface area contributed by atoms with Crippen molar-refractivity contribution in [1.29, 1.82) is 0 Å². The summed E-state index contributed by atoms with van der Waals surface area (Å²) in [4.78, 5) is 25.7. The van der Waals surface area contributed by atoms with Crippen molar-refractivity contribution in [2.75, 3.05) is 31.1 Å². The second kappa shape index (κ2) is 7.92. The molecule has 2 N–H and O–H groups in total. The van der Waals surface area contributed by atoms with Gasteiger partial charge >= 0.3 is 0 Å². The molecule has 2 aromatic heterocycles. The molecule has 22 heavy (non-hydrogen) atoms. The smallest absolute Gasteiger partial charge is 0.272 e. The quantitative estimate of drug-likeness (QED) is 0.859. The first-order valence-corrected chi connectivity index (χ1v) is 8.65. The lowest BCUT2D eigenvalue weighted by molar-refractivity contribution is 0.584. The van der Waals surface area contributed by atoms with Crippen molar-refractivity contribution in [3.63, 3.8) is 0 Å². The second-order valence-electron chi connectivity index (χ2n) is 4.26. The van der Waals surface area contributed by atoms with Crippen LogP contribution >= 0.6 is 34.5 Å². The van der Waals surface area contributed by atoms with Crippen molar-refractivity contribution in [2.45, 2.75) is 13.8 Å². The van der Waals surface area contributed by atoms with E-state index in [4.69, 9.17) is 23.2 Å². The number of aromatic nitrogens is 3. The first kappa shape index (κ1) is 17.2. The molecule has 120 valence electrons. The summed E-state index contributed by atoms with van der Waals surface area (Å²) >= 11 is 13.4. The van der Waals surface area contributed by atoms with Crippen molar-refractivity contribution >= 4 is 40.4 Å². The van der Waals surface area contributed by atoms with Crippen LogP contribution in [0.5, 0.6) is 0 Å². The van der Waals surface area contributed by atoms with Crippen molar-refractivity contribution in [1.82, 2.24) is 20.3 Å². The Morgan fingerprint density at radius 1 is 1.27 bits per heavy atom. The molecule has 3 heterocycles. The zero-order valence-corrected chi connectivity index (χ0v) is 14.6. The molecule has 0 radical (unpaired) electrons. The van der Waals surface area contributed by atoms with E-state index in [2.05, 4.69) is 20.3 Å². The molecule has 0 saturated carbocycles. The van der Waals surface area contributed by atoms with Crippen LogP contribution in [0, 0.1) is 0 Å². The Labute approximate surface area is 142 Å². The average molecular weight is 362 g/mol. The van der Waals surface area contributed by atoms with Gasteiger partial charge in [-0.3, -0.25) is 4.79 Å². The van der Waals surface area contributed by atoms with E-state index in [1.165, 1.54) is 11.3 Å². The van der Waals surface area contributed by atoms with Gasteiger partial charge in [0.2, 0.25) is 0 Å². The Kier molecular flexibility index (Phi) is 6.19. The van der Waals surface area contributed by atoms with E-state index < -0.39 is 0 Å². The first-order valence-electron chi connectivity index (χ1n) is 7.01. The van der Waals surface area contributed by atoms with Gasteiger partial charge in [0.05, 0.1) is 5.51 Å². The number of anilines is 1. The predicted octanol–water partition coefficient (Wildman–Crippen LogP) is 2.64. The maximum absolute atomic E-state index is 12.0. The van der Waals surface area contributed by atoms with Gasteiger partial charge in [0.1, 0.15) is 9.90 Å². The van der Waals surface area contributed by atoms with Gasteiger partial charge in [-0.25, -0.2) is 9.97 Å². The lowest BCUT2D eigenvalue weighted by Gasteiger charge is -2.28. The molecule has 1 aliphatic rings. The molecule has 3 rings (SSSR count). The van der Waals surface area contributed by atoms with Gasteiger partial charge in [0.25, 0.3) is 5.56 Å². The molecule has 1 saturated heterocycles. The number of nitrogens with one attached hydrogen (secondary N) is 2. The maximum Gasteiger partial charge on any atom is 0.272 e. The fourth-order valence-electron chi connectivity index (χ4n) is 2.03. The molecule has 1 aliphatic heterocycles. The fraction of sp³-hybridized carbons (Fsp3) is 0.462. The number of hydrogen-bond donors (Lipinski definition) is 2. The molecule has 9 heteroatoms. The predicted molar refractivity (Wildman–Crippen MR) is 92.4 cm³/mol. The number of hydrogen-bond acceptors (Lipinski definition) is 6. The summed E-state index contributed by atoms with van der Waals surface area (Å²) in [6.45, 7) is 7.18. The summed E-state index contributed by atoms with van der Waals surface area (Å²) < 4.78 is 0. The monoisotopic (exact) mass is 361 g/mol. The minimum absolute atomic E-state index is 0.108. The molecule has 2 aromatic rings. The highest BCUT2D eigenvalue weighted by Crippen LogP contribution is 2.30. The van der Waals surface area contributed by atoms with E-state index in [0.29, 0.717) is 21.7 Å². The Hall–Kier alpha value is -1.15. The third-order valence-corrected chi connectivity index (χ3v) is 4.57. The fourth-order valence-corrected chi connectivity index (χ4v) is 3.19. The first-order chi connectivity index (χ1) is 10.7. The molecule has 0 bridgehead atoms. The molecule has 0 aromatic carbocycles. The molecular formula is C13H17Cl2N5OS. The average Bonchev–Trinajstić information content (AvgIpc) is 2.99. The molecule has 0 aliphatic carbocycles. The summed E-state index contributed by atoms with van der Waals surface area (Å²) in [7, 11) is 0. The highest BCUT2D eigenvalue weighted by molar-refractivity contribution is 7.13. The molecular weight excluding hydrogens is 345 g/mol. The zero-order valence-electron chi connectivity index (χ0n) is 12.3. The van der Waals surface area contributed by atoms with Gasteiger partial charge in [-0.2, -0.15) is 0 Å². The number of halogens is 2. The Balaban J connectivity index is 0.000000847. The Morgan fingerprint density at radius 2 is 1.95 bits per heavy atom. The van der Waals surface area contributed by atoms with E-state index in [1.54, 1.807) is 5.51 Å². The second-order valence-corrected chi connectivity index (χ2v) is 5.85. The summed E-state index contributed by atoms with van der Waals surface area (Å²) in [5, 5.41) is 3.68. The van der Waals surface area contributed by atoms with Crippen LogP contribution in [-0.4, -0.2) is 41.1 Å². The number of aromatic amines is 1. The van der Waals surface area contributed by atoms with Gasteiger partial charge in [0.15, 0.2) is 16.8 Å². The molecule has 6 nitrogen and oxygen atoms in total. The summed E-state index contributed by atoms with van der Waals surface area (Å²) in [5.41, 5.74) is 1.24. The van der Waals surface area contributed by atoms with Crippen LogP contribution in [0.25, 0.3) is 10.7 Å². The summed E-state index contributed by atoms with van der Waals surface area (Å²) in [5.74, 6) is 0.900. The third-order valence-electron chi connectivity index (χ3n) is 3.00. The number of rotatable bonds is 2. The zero-order chi connectivity index (χ0) is 16.1. The van der Waals surface area contributed by atoms with Gasteiger partial charge in [-0.15, -0.1) is 11.3 Å². The minimum Gasteiger partial charge on any atom is -0.353 e. The van der Waals surface area contributed by atoms with E-state index in [-0.39, 0.29) is 10.6 Å². The number of piperazine rings is 1. The van der Waals surface area contributed by atoms with Crippen LogP contribution in [0.4, 0.5) is 5.82 Å². The molecule has 1 fully saturated rings. The Morgan fingerprint density at radius 3 is 2.55 bits per heavy atom. The maximum atomic E-state index is 12.0. The largest absolute Gasteiger partial charge is 0.353 e. The van der Waals surface area contributed by atoms with Gasteiger partial charge in [-0.1, -0.05) is 37.0 Å². The number of nitrogens with zero attached hydrogens (tertiary/aromatic N) is 3. The van der Waals surface area contributed by atoms with Crippen LogP contribution in [0.1, 0.15) is 13.8 Å². The van der Waals surface area contributed by atoms with E-state index in [9.17, 15) is 4.79 Å². The van der Waals surface area contributed by atoms with Crippen LogP contribution in [-0.2, 0) is 0 Å². The molecule has 0 spiro atoms. The lowest BCUT2D eigenvalue weighted by atomic mass is 10.3. The molecule has 0 unspecified atom stereocenters. The van der Waals surface area contributed by atoms with Crippen LogP contribution in [0.2, 0.25) is 10.2 Å². The minimum atomic E-state index is -0.366. The van der Waals surface area contributed by atoms with E-state index in [1.807, 2.05) is 18.7 Å². The van der Waals surface area contributed by atoms with Crippen LogP contribution < -0.4 is 15.8 Å². The third kappa shape index (κ3) is 3.60. The van der Waals surface area contributed by atoms with Crippen LogP contribution in [0.15, 0.2) is 10.3 Å². The topological polar surface area (TPSA) is 73.9 Å². The SMILES string of the molecule is CC.O=c1[nH]c(-c2scnc2Cl)nc(N2CCNCC2)c1Cl. The van der Waals surface area contributed by atoms with E-state index >= 15 is 0 Å². The van der Waals surface area contributed by atoms with Crippen molar-refractivity contribution < 1.29 is 0 Å². The molecule has 0 amide bonds. The van der Waals surface area contributed by atoms with Gasteiger partial charge in [0, 0.05) is 26.2 Å². The number of H-pyrrole nitrogens is 1. The molecule has 0 atom stereocenters. The Bertz CT molecular complexity index is 681. The number of thiazole rings is 1. The van der Waals surface area contributed by atoms with Gasteiger partial charge < -0.3 is 15.2 Å². The highest BCUT2D eigenvalue weighted by Gasteiger charge is 2.20.